The number of nitrogens with one attached hydrogen (secondary N) is 1. The van der Waals surface area contributed by atoms with Gasteiger partial charge >= 0.3 is 5.97 Å². The lowest BCUT2D eigenvalue weighted by Gasteiger charge is -2.37. The van der Waals surface area contributed by atoms with Crippen LogP contribution in [0.2, 0.25) is 0 Å². The number of carboxylic acid groups (broad SMARTS) is 1. The molecule has 1 amide bonds. The number of aliphatic carboxylic acids is 1. The van der Waals surface area contributed by atoms with Gasteiger partial charge in [0.25, 0.3) is 0 Å². The summed E-state index contributed by atoms with van der Waals surface area (Å²) >= 11 is 0. The number of carbonyl (C=O) groups is 2. The fourth-order valence-electron chi connectivity index (χ4n) is 2.75. The summed E-state index contributed by atoms with van der Waals surface area (Å²) < 4.78 is 5.30. The van der Waals surface area contributed by atoms with Crippen molar-refractivity contribution >= 4 is 11.9 Å². The minimum Gasteiger partial charge on any atom is -0.480 e. The molecule has 2 rings (SSSR count). The number of hydrogen-bond donors (Lipinski definition) is 2. The Labute approximate surface area is 107 Å². The van der Waals surface area contributed by atoms with Crippen molar-refractivity contribution in [2.24, 2.45) is 5.92 Å². The zero-order valence-corrected chi connectivity index (χ0v) is 10.8. The van der Waals surface area contributed by atoms with Crippen LogP contribution in [0.3, 0.4) is 0 Å². The van der Waals surface area contributed by atoms with Gasteiger partial charge in [-0.2, -0.15) is 0 Å². The van der Waals surface area contributed by atoms with E-state index in [0.717, 1.165) is 19.3 Å². The normalized spacial score (nSPS) is 36.3. The summed E-state index contributed by atoms with van der Waals surface area (Å²) in [7, 11) is 0. The first kappa shape index (κ1) is 13.3. The first-order chi connectivity index (χ1) is 8.53. The zero-order chi connectivity index (χ0) is 13.2. The molecule has 0 aromatic rings. The molecule has 2 fully saturated rings. The molecule has 1 heterocycles. The average Bonchev–Trinajstić information content (AvgIpc) is 2.85. The molecule has 0 radical (unpaired) electrons. The fraction of sp³-hybridized carbons (Fsp3) is 0.846. The van der Waals surface area contributed by atoms with E-state index in [1.807, 2.05) is 0 Å². The smallest absolute Gasteiger partial charge is 0.329 e. The maximum Gasteiger partial charge on any atom is 0.329 e. The lowest BCUT2D eigenvalue weighted by Crippen LogP contribution is -2.58. The summed E-state index contributed by atoms with van der Waals surface area (Å²) in [6.45, 7) is 2.71. The Balaban J connectivity index is 2.01. The molecule has 1 saturated carbocycles. The van der Waals surface area contributed by atoms with Gasteiger partial charge < -0.3 is 15.2 Å². The molecule has 5 heteroatoms. The quantitative estimate of drug-likeness (QED) is 0.797. The second kappa shape index (κ2) is 5.26. The van der Waals surface area contributed by atoms with Crippen LogP contribution in [-0.2, 0) is 14.3 Å². The summed E-state index contributed by atoms with van der Waals surface area (Å²) in [6, 6.07) is 0. The van der Waals surface area contributed by atoms with E-state index in [2.05, 4.69) is 12.2 Å². The third-order valence-corrected chi connectivity index (χ3v) is 4.12. The molecular formula is C13H21NO4. The van der Waals surface area contributed by atoms with Crippen LogP contribution in [0, 0.1) is 5.92 Å². The van der Waals surface area contributed by atoms with E-state index in [-0.39, 0.29) is 5.91 Å². The molecule has 1 atom stereocenters. The Kier molecular flexibility index (Phi) is 3.90. The van der Waals surface area contributed by atoms with Crippen molar-refractivity contribution in [3.05, 3.63) is 0 Å². The standard InChI is InChI=1S/C13H21NO4/c1-9-4-6-13(7-5-9,12(16)17)14-11(15)10-3-2-8-18-10/h9-10H,2-8H2,1H3,(H,14,15)(H,16,17)/t9?,10-,13?/m0/s1. The number of rotatable bonds is 3. The molecule has 0 aromatic carbocycles. The highest BCUT2D eigenvalue weighted by atomic mass is 16.5. The van der Waals surface area contributed by atoms with Crippen LogP contribution in [-0.4, -0.2) is 35.2 Å². The first-order valence-electron chi connectivity index (χ1n) is 6.70. The molecule has 0 spiro atoms. The number of hydrogen-bond acceptors (Lipinski definition) is 3. The zero-order valence-electron chi connectivity index (χ0n) is 10.8. The SMILES string of the molecule is CC1CCC(NC(=O)[C@@H]2CCCO2)(C(=O)O)CC1. The maximum atomic E-state index is 12.0. The Morgan fingerprint density at radius 2 is 1.94 bits per heavy atom. The van der Waals surface area contributed by atoms with Gasteiger partial charge in [-0.25, -0.2) is 4.79 Å². The fourth-order valence-corrected chi connectivity index (χ4v) is 2.75. The van der Waals surface area contributed by atoms with Crippen molar-refractivity contribution in [3.8, 4) is 0 Å². The molecule has 0 unspecified atom stereocenters. The van der Waals surface area contributed by atoms with Gasteiger partial charge in [-0.05, 0) is 44.4 Å². The van der Waals surface area contributed by atoms with Crippen LogP contribution in [0.4, 0.5) is 0 Å². The predicted octanol–water partition coefficient (Wildman–Crippen LogP) is 1.32. The lowest BCUT2D eigenvalue weighted by atomic mass is 9.77. The Bertz CT molecular complexity index is 328. The van der Waals surface area contributed by atoms with E-state index < -0.39 is 17.6 Å². The van der Waals surface area contributed by atoms with Crippen LogP contribution in [0.5, 0.6) is 0 Å². The van der Waals surface area contributed by atoms with Crippen LogP contribution in [0.15, 0.2) is 0 Å². The highest BCUT2D eigenvalue weighted by Gasteiger charge is 2.43. The van der Waals surface area contributed by atoms with Crippen molar-refractivity contribution in [1.29, 1.82) is 0 Å². The van der Waals surface area contributed by atoms with Gasteiger partial charge in [0, 0.05) is 6.61 Å². The summed E-state index contributed by atoms with van der Waals surface area (Å²) in [5.41, 5.74) is -1.07. The molecule has 5 nitrogen and oxygen atoms in total. The number of carbonyl (C=O) groups excluding carboxylic acids is 1. The lowest BCUT2D eigenvalue weighted by molar-refractivity contribution is -0.151. The minimum atomic E-state index is -1.07. The minimum absolute atomic E-state index is 0.260. The Hall–Kier alpha value is -1.10. The molecule has 18 heavy (non-hydrogen) atoms. The monoisotopic (exact) mass is 255 g/mol. The van der Waals surface area contributed by atoms with E-state index in [0.29, 0.717) is 31.8 Å². The molecule has 1 saturated heterocycles. The summed E-state index contributed by atoms with van der Waals surface area (Å²) in [5.74, 6) is -0.637. The summed E-state index contributed by atoms with van der Waals surface area (Å²) in [5, 5.41) is 12.1. The van der Waals surface area contributed by atoms with Crippen molar-refractivity contribution in [2.45, 2.75) is 57.1 Å². The molecule has 1 aliphatic carbocycles. The van der Waals surface area contributed by atoms with Crippen molar-refractivity contribution in [3.63, 3.8) is 0 Å². The van der Waals surface area contributed by atoms with Crippen LogP contribution < -0.4 is 5.32 Å². The molecule has 2 aliphatic rings. The second-order valence-electron chi connectivity index (χ2n) is 5.56. The number of ether oxygens (including phenoxy) is 1. The van der Waals surface area contributed by atoms with Crippen LogP contribution in [0.25, 0.3) is 0 Å². The number of amides is 1. The van der Waals surface area contributed by atoms with Crippen molar-refractivity contribution in [2.75, 3.05) is 6.61 Å². The van der Waals surface area contributed by atoms with Crippen LogP contribution in [0.1, 0.15) is 45.4 Å². The van der Waals surface area contributed by atoms with Gasteiger partial charge in [0.05, 0.1) is 0 Å². The molecule has 0 bridgehead atoms. The largest absolute Gasteiger partial charge is 0.480 e. The molecule has 1 aliphatic heterocycles. The van der Waals surface area contributed by atoms with Crippen molar-refractivity contribution < 1.29 is 19.4 Å². The predicted molar refractivity (Wildman–Crippen MR) is 65.1 cm³/mol. The van der Waals surface area contributed by atoms with Gasteiger partial charge in [0.2, 0.25) is 5.91 Å². The highest BCUT2D eigenvalue weighted by Crippen LogP contribution is 2.32. The molecule has 102 valence electrons. The van der Waals surface area contributed by atoms with Gasteiger partial charge in [-0.3, -0.25) is 4.79 Å². The van der Waals surface area contributed by atoms with Gasteiger partial charge in [0.1, 0.15) is 11.6 Å². The topological polar surface area (TPSA) is 75.6 Å². The summed E-state index contributed by atoms with van der Waals surface area (Å²) in [6.07, 6.45) is 3.83. The third kappa shape index (κ3) is 2.66. The molecular weight excluding hydrogens is 234 g/mol. The Morgan fingerprint density at radius 1 is 1.28 bits per heavy atom. The molecule has 2 N–H and O–H groups in total. The maximum absolute atomic E-state index is 12.0. The second-order valence-corrected chi connectivity index (χ2v) is 5.56. The Morgan fingerprint density at radius 3 is 2.44 bits per heavy atom. The van der Waals surface area contributed by atoms with Gasteiger partial charge in [0.15, 0.2) is 0 Å². The van der Waals surface area contributed by atoms with E-state index in [4.69, 9.17) is 4.74 Å². The van der Waals surface area contributed by atoms with Gasteiger partial charge in [-0.1, -0.05) is 6.92 Å². The molecule has 0 aromatic heterocycles. The van der Waals surface area contributed by atoms with E-state index in [1.165, 1.54) is 0 Å². The first-order valence-corrected chi connectivity index (χ1v) is 6.70. The summed E-state index contributed by atoms with van der Waals surface area (Å²) in [4.78, 5) is 23.5. The van der Waals surface area contributed by atoms with Crippen molar-refractivity contribution in [1.82, 2.24) is 5.32 Å². The van der Waals surface area contributed by atoms with Gasteiger partial charge in [-0.15, -0.1) is 0 Å². The highest BCUT2D eigenvalue weighted by molar-refractivity contribution is 5.89. The van der Waals surface area contributed by atoms with E-state index >= 15 is 0 Å². The number of carboxylic acids is 1. The van der Waals surface area contributed by atoms with E-state index in [1.54, 1.807) is 0 Å². The average molecular weight is 255 g/mol. The van der Waals surface area contributed by atoms with E-state index in [9.17, 15) is 14.7 Å². The van der Waals surface area contributed by atoms with Crippen LogP contribution >= 0.6 is 0 Å². The third-order valence-electron chi connectivity index (χ3n) is 4.12.